The predicted octanol–water partition coefficient (Wildman–Crippen LogP) is 5.10. The van der Waals surface area contributed by atoms with Gasteiger partial charge < -0.3 is 5.32 Å². The van der Waals surface area contributed by atoms with Crippen molar-refractivity contribution < 1.29 is 4.79 Å². The number of hydrogen-bond donors (Lipinski definition) is 1. The molecular weight excluding hydrogens is 318 g/mol. The zero-order valence-corrected chi connectivity index (χ0v) is 15.5. The molecule has 2 fully saturated rings. The highest BCUT2D eigenvalue weighted by atomic mass is 16.2. The molecule has 0 aromatic heterocycles. The monoisotopic (exact) mass is 347 g/mol. The fourth-order valence-electron chi connectivity index (χ4n) is 4.71. The average molecular weight is 348 g/mol. The Morgan fingerprint density at radius 3 is 2.27 bits per heavy atom. The molecule has 1 N–H and O–H groups in total. The van der Waals surface area contributed by atoms with Gasteiger partial charge in [-0.15, -0.1) is 0 Å². The summed E-state index contributed by atoms with van der Waals surface area (Å²) in [5.74, 6) is 0.860. The van der Waals surface area contributed by atoms with Crippen LogP contribution in [0.3, 0.4) is 0 Å². The van der Waals surface area contributed by atoms with E-state index in [9.17, 15) is 4.79 Å². The van der Waals surface area contributed by atoms with E-state index in [-0.39, 0.29) is 17.2 Å². The highest BCUT2D eigenvalue weighted by Gasteiger charge is 2.44. The zero-order chi connectivity index (χ0) is 17.8. The van der Waals surface area contributed by atoms with E-state index in [0.717, 1.165) is 19.4 Å². The standard InChI is InChI=1S/C24H29NO/c26-23(22-16-21(22)20-12-6-2-7-13-20)25-18-24(14-8-3-9-15-24)17-19-10-4-1-5-11-19/h1-2,4-7,10-13,21-22H,3,8-9,14-18H2,(H,25,26). The second-order valence-electron chi connectivity index (χ2n) is 8.30. The minimum absolute atomic E-state index is 0.176. The maximum Gasteiger partial charge on any atom is 0.223 e. The van der Waals surface area contributed by atoms with Crippen LogP contribution in [0.15, 0.2) is 60.7 Å². The number of carbonyl (C=O) groups is 1. The molecule has 0 saturated heterocycles. The van der Waals surface area contributed by atoms with E-state index in [1.165, 1.54) is 43.2 Å². The Bertz CT molecular complexity index is 718. The van der Waals surface area contributed by atoms with E-state index >= 15 is 0 Å². The maximum atomic E-state index is 12.7. The van der Waals surface area contributed by atoms with Crippen molar-refractivity contribution in [3.05, 3.63) is 71.8 Å². The lowest BCUT2D eigenvalue weighted by molar-refractivity contribution is -0.123. The highest BCUT2D eigenvalue weighted by Crippen LogP contribution is 2.47. The quantitative estimate of drug-likeness (QED) is 0.774. The highest BCUT2D eigenvalue weighted by molar-refractivity contribution is 5.82. The molecule has 0 heterocycles. The van der Waals surface area contributed by atoms with Crippen LogP contribution in [0.4, 0.5) is 0 Å². The molecule has 26 heavy (non-hydrogen) atoms. The smallest absolute Gasteiger partial charge is 0.223 e. The first-order chi connectivity index (χ1) is 12.8. The summed E-state index contributed by atoms with van der Waals surface area (Å²) in [6.07, 6.45) is 8.47. The van der Waals surface area contributed by atoms with E-state index in [2.05, 4.69) is 59.9 Å². The number of hydrogen-bond acceptors (Lipinski definition) is 1. The van der Waals surface area contributed by atoms with Crippen LogP contribution >= 0.6 is 0 Å². The topological polar surface area (TPSA) is 29.1 Å². The Hall–Kier alpha value is -2.09. The third kappa shape index (κ3) is 4.00. The van der Waals surface area contributed by atoms with Crippen molar-refractivity contribution in [3.8, 4) is 0 Å². The molecule has 2 aliphatic rings. The SMILES string of the molecule is O=C(NCC1(Cc2ccccc2)CCCCC1)C1CC1c1ccccc1. The number of amides is 1. The number of nitrogens with one attached hydrogen (secondary N) is 1. The molecule has 4 rings (SSSR count). The van der Waals surface area contributed by atoms with Crippen LogP contribution in [0, 0.1) is 11.3 Å². The molecule has 0 aliphatic heterocycles. The molecule has 0 spiro atoms. The van der Waals surface area contributed by atoms with Crippen molar-refractivity contribution in [1.82, 2.24) is 5.32 Å². The normalized spacial score (nSPS) is 24.0. The molecule has 2 nitrogen and oxygen atoms in total. The summed E-state index contributed by atoms with van der Waals surface area (Å²) in [5.41, 5.74) is 2.95. The molecule has 2 atom stereocenters. The van der Waals surface area contributed by atoms with Crippen molar-refractivity contribution >= 4 is 5.91 Å². The lowest BCUT2D eigenvalue weighted by Crippen LogP contribution is -2.41. The Kier molecular flexibility index (Phi) is 5.10. The van der Waals surface area contributed by atoms with Crippen LogP contribution in [-0.2, 0) is 11.2 Å². The summed E-state index contributed by atoms with van der Waals surface area (Å²) < 4.78 is 0. The Labute approximate surface area is 157 Å². The van der Waals surface area contributed by atoms with Crippen molar-refractivity contribution in [2.45, 2.75) is 50.9 Å². The van der Waals surface area contributed by atoms with Crippen LogP contribution in [0.1, 0.15) is 55.6 Å². The molecule has 2 aliphatic carbocycles. The molecular formula is C24H29NO. The summed E-state index contributed by atoms with van der Waals surface area (Å²) in [5, 5.41) is 3.34. The summed E-state index contributed by atoms with van der Waals surface area (Å²) in [7, 11) is 0. The first-order valence-electron chi connectivity index (χ1n) is 10.1. The fourth-order valence-corrected chi connectivity index (χ4v) is 4.71. The van der Waals surface area contributed by atoms with E-state index in [1.54, 1.807) is 0 Å². The first-order valence-corrected chi connectivity index (χ1v) is 10.1. The summed E-state index contributed by atoms with van der Waals surface area (Å²) in [6.45, 7) is 0.832. The van der Waals surface area contributed by atoms with Gasteiger partial charge in [-0.05, 0) is 48.1 Å². The third-order valence-corrected chi connectivity index (χ3v) is 6.33. The summed E-state index contributed by atoms with van der Waals surface area (Å²) in [4.78, 5) is 12.7. The van der Waals surface area contributed by atoms with Crippen molar-refractivity contribution in [1.29, 1.82) is 0 Å². The molecule has 2 heteroatoms. The van der Waals surface area contributed by atoms with Gasteiger partial charge in [0.15, 0.2) is 0 Å². The van der Waals surface area contributed by atoms with Gasteiger partial charge in [-0.2, -0.15) is 0 Å². The number of carbonyl (C=O) groups excluding carboxylic acids is 1. The third-order valence-electron chi connectivity index (χ3n) is 6.33. The van der Waals surface area contributed by atoms with Crippen LogP contribution in [0.25, 0.3) is 0 Å². The largest absolute Gasteiger partial charge is 0.355 e. The van der Waals surface area contributed by atoms with Crippen LogP contribution < -0.4 is 5.32 Å². The second-order valence-corrected chi connectivity index (χ2v) is 8.30. The molecule has 2 aromatic rings. The van der Waals surface area contributed by atoms with E-state index in [1.807, 2.05) is 6.07 Å². The van der Waals surface area contributed by atoms with Crippen LogP contribution in [0.5, 0.6) is 0 Å². The molecule has 1 amide bonds. The van der Waals surface area contributed by atoms with Crippen molar-refractivity contribution in [2.75, 3.05) is 6.54 Å². The van der Waals surface area contributed by atoms with Gasteiger partial charge in [-0.1, -0.05) is 79.9 Å². The van der Waals surface area contributed by atoms with E-state index in [4.69, 9.17) is 0 Å². The molecule has 136 valence electrons. The molecule has 2 unspecified atom stereocenters. The van der Waals surface area contributed by atoms with Gasteiger partial charge in [0.1, 0.15) is 0 Å². The van der Waals surface area contributed by atoms with Gasteiger partial charge in [0.05, 0.1) is 0 Å². The fraction of sp³-hybridized carbons (Fsp3) is 0.458. The molecule has 2 aromatic carbocycles. The van der Waals surface area contributed by atoms with Crippen molar-refractivity contribution in [2.24, 2.45) is 11.3 Å². The molecule has 0 radical (unpaired) electrons. The predicted molar refractivity (Wildman–Crippen MR) is 106 cm³/mol. The summed E-state index contributed by atoms with van der Waals surface area (Å²) in [6, 6.07) is 21.3. The maximum absolute atomic E-state index is 12.7. The molecule has 2 saturated carbocycles. The lowest BCUT2D eigenvalue weighted by atomic mass is 9.70. The number of rotatable bonds is 6. The van der Waals surface area contributed by atoms with E-state index < -0.39 is 0 Å². The molecule has 0 bridgehead atoms. The zero-order valence-electron chi connectivity index (χ0n) is 15.5. The second kappa shape index (κ2) is 7.65. The number of benzene rings is 2. The minimum Gasteiger partial charge on any atom is -0.355 e. The van der Waals surface area contributed by atoms with Crippen LogP contribution in [0.2, 0.25) is 0 Å². The van der Waals surface area contributed by atoms with E-state index in [0.29, 0.717) is 5.92 Å². The Balaban J connectivity index is 1.37. The van der Waals surface area contributed by atoms with Gasteiger partial charge >= 0.3 is 0 Å². The van der Waals surface area contributed by atoms with Gasteiger partial charge in [-0.3, -0.25) is 4.79 Å². The summed E-state index contributed by atoms with van der Waals surface area (Å²) >= 11 is 0. The minimum atomic E-state index is 0.176. The average Bonchev–Trinajstić information content (AvgIpc) is 3.49. The Morgan fingerprint density at radius 1 is 0.923 bits per heavy atom. The first kappa shape index (κ1) is 17.3. The van der Waals surface area contributed by atoms with Crippen molar-refractivity contribution in [3.63, 3.8) is 0 Å². The van der Waals surface area contributed by atoms with Gasteiger partial charge in [0, 0.05) is 12.5 Å². The van der Waals surface area contributed by atoms with Gasteiger partial charge in [-0.25, -0.2) is 0 Å². The van der Waals surface area contributed by atoms with Crippen LogP contribution in [-0.4, -0.2) is 12.5 Å². The van der Waals surface area contributed by atoms with Gasteiger partial charge in [0.25, 0.3) is 0 Å². The van der Waals surface area contributed by atoms with Gasteiger partial charge in [0.2, 0.25) is 5.91 Å². The lowest BCUT2D eigenvalue weighted by Gasteiger charge is -2.38. The Morgan fingerprint density at radius 2 is 1.58 bits per heavy atom.